The van der Waals surface area contributed by atoms with Crippen LogP contribution in [0.25, 0.3) is 0 Å². The number of aromatic nitrogens is 1. The Balaban J connectivity index is 2.39. The highest BCUT2D eigenvalue weighted by atomic mass is 19.1. The molecular formula is C15H18FN3. The third-order valence-corrected chi connectivity index (χ3v) is 3.57. The number of pyridine rings is 1. The lowest BCUT2D eigenvalue weighted by Gasteiger charge is -2.33. The standard InChI is InChI=1S/C15H18FN3/c1-15(2,10-5-7-11(16)8-6-10)13(17)12-4-3-9-19-14(12)18/h3-9,13H,17H2,1-2H3,(H2,18,19). The second kappa shape index (κ2) is 4.97. The van der Waals surface area contributed by atoms with E-state index in [9.17, 15) is 4.39 Å². The summed E-state index contributed by atoms with van der Waals surface area (Å²) in [5.74, 6) is 0.180. The number of halogens is 1. The minimum Gasteiger partial charge on any atom is -0.383 e. The number of nitrogen functional groups attached to an aromatic ring is 1. The molecule has 0 saturated heterocycles. The first-order valence-corrected chi connectivity index (χ1v) is 6.15. The molecule has 0 saturated carbocycles. The van der Waals surface area contributed by atoms with Gasteiger partial charge in [0.05, 0.1) is 0 Å². The highest BCUT2D eigenvalue weighted by molar-refractivity contribution is 5.44. The number of rotatable bonds is 3. The third-order valence-electron chi connectivity index (χ3n) is 3.57. The number of nitrogens with zero attached hydrogens (tertiary/aromatic N) is 1. The average molecular weight is 259 g/mol. The van der Waals surface area contributed by atoms with Gasteiger partial charge in [-0.3, -0.25) is 0 Å². The Kier molecular flexibility index (Phi) is 3.53. The molecule has 1 heterocycles. The van der Waals surface area contributed by atoms with E-state index in [2.05, 4.69) is 4.98 Å². The number of benzene rings is 1. The van der Waals surface area contributed by atoms with Crippen LogP contribution in [-0.2, 0) is 5.41 Å². The maximum atomic E-state index is 13.0. The smallest absolute Gasteiger partial charge is 0.128 e. The van der Waals surface area contributed by atoms with Crippen molar-refractivity contribution >= 4 is 5.82 Å². The molecule has 19 heavy (non-hydrogen) atoms. The number of nitrogens with two attached hydrogens (primary N) is 2. The maximum Gasteiger partial charge on any atom is 0.128 e. The highest BCUT2D eigenvalue weighted by Crippen LogP contribution is 2.36. The summed E-state index contributed by atoms with van der Waals surface area (Å²) in [5, 5.41) is 0. The van der Waals surface area contributed by atoms with Gasteiger partial charge in [0.1, 0.15) is 11.6 Å². The van der Waals surface area contributed by atoms with Crippen LogP contribution in [0, 0.1) is 5.82 Å². The van der Waals surface area contributed by atoms with Gasteiger partial charge in [0.25, 0.3) is 0 Å². The molecule has 0 spiro atoms. The summed E-state index contributed by atoms with van der Waals surface area (Å²) in [6, 6.07) is 9.76. The molecule has 0 bridgehead atoms. The fraction of sp³-hybridized carbons (Fsp3) is 0.267. The van der Waals surface area contributed by atoms with Gasteiger partial charge in [0, 0.05) is 23.2 Å². The van der Waals surface area contributed by atoms with Crippen molar-refractivity contribution in [1.82, 2.24) is 4.98 Å². The first kappa shape index (κ1) is 13.5. The molecule has 2 rings (SSSR count). The lowest BCUT2D eigenvalue weighted by atomic mass is 9.75. The number of hydrogen-bond donors (Lipinski definition) is 2. The molecule has 4 heteroatoms. The molecule has 1 unspecified atom stereocenters. The Morgan fingerprint density at radius 2 is 1.79 bits per heavy atom. The zero-order valence-corrected chi connectivity index (χ0v) is 11.1. The van der Waals surface area contributed by atoms with E-state index in [1.165, 1.54) is 12.1 Å². The van der Waals surface area contributed by atoms with Crippen LogP contribution in [0.4, 0.5) is 10.2 Å². The average Bonchev–Trinajstić information content (AvgIpc) is 2.39. The molecule has 0 fully saturated rings. The zero-order chi connectivity index (χ0) is 14.0. The van der Waals surface area contributed by atoms with Crippen molar-refractivity contribution in [3.05, 3.63) is 59.5 Å². The van der Waals surface area contributed by atoms with E-state index in [1.807, 2.05) is 26.0 Å². The molecule has 0 amide bonds. The Labute approximate surface area is 112 Å². The number of hydrogen-bond acceptors (Lipinski definition) is 3. The Bertz CT molecular complexity index is 564. The van der Waals surface area contributed by atoms with Crippen molar-refractivity contribution in [3.8, 4) is 0 Å². The molecule has 4 N–H and O–H groups in total. The van der Waals surface area contributed by atoms with Gasteiger partial charge < -0.3 is 11.5 Å². The first-order chi connectivity index (χ1) is 8.93. The van der Waals surface area contributed by atoms with Gasteiger partial charge in [0.2, 0.25) is 0 Å². The predicted octanol–water partition coefficient (Wildman–Crippen LogP) is 2.78. The van der Waals surface area contributed by atoms with Gasteiger partial charge in [0.15, 0.2) is 0 Å². The van der Waals surface area contributed by atoms with Crippen LogP contribution < -0.4 is 11.5 Å². The van der Waals surface area contributed by atoms with Gasteiger partial charge in [-0.15, -0.1) is 0 Å². The molecule has 100 valence electrons. The summed E-state index contributed by atoms with van der Waals surface area (Å²) in [5.41, 5.74) is 13.6. The van der Waals surface area contributed by atoms with Crippen molar-refractivity contribution < 1.29 is 4.39 Å². The SMILES string of the molecule is CC(C)(c1ccc(F)cc1)C(N)c1cccnc1N. The second-order valence-corrected chi connectivity index (χ2v) is 5.18. The fourth-order valence-electron chi connectivity index (χ4n) is 2.14. The van der Waals surface area contributed by atoms with Crippen LogP contribution in [0.5, 0.6) is 0 Å². The lowest BCUT2D eigenvalue weighted by Crippen LogP contribution is -2.33. The van der Waals surface area contributed by atoms with Crippen LogP contribution in [0.3, 0.4) is 0 Å². The Hall–Kier alpha value is -1.94. The molecule has 1 aromatic heterocycles. The Morgan fingerprint density at radius 3 is 2.37 bits per heavy atom. The fourth-order valence-corrected chi connectivity index (χ4v) is 2.14. The molecule has 0 aliphatic carbocycles. The molecular weight excluding hydrogens is 241 g/mol. The summed E-state index contributed by atoms with van der Waals surface area (Å²) in [6.07, 6.45) is 1.64. The van der Waals surface area contributed by atoms with E-state index in [1.54, 1.807) is 18.3 Å². The number of anilines is 1. The molecule has 1 atom stereocenters. The monoisotopic (exact) mass is 259 g/mol. The van der Waals surface area contributed by atoms with Crippen molar-refractivity contribution in [2.75, 3.05) is 5.73 Å². The molecule has 3 nitrogen and oxygen atoms in total. The molecule has 0 aliphatic rings. The quantitative estimate of drug-likeness (QED) is 0.890. The zero-order valence-electron chi connectivity index (χ0n) is 11.1. The molecule has 2 aromatic rings. The van der Waals surface area contributed by atoms with Crippen LogP contribution >= 0.6 is 0 Å². The first-order valence-electron chi connectivity index (χ1n) is 6.15. The molecule has 0 radical (unpaired) electrons. The van der Waals surface area contributed by atoms with Crippen LogP contribution in [0.15, 0.2) is 42.6 Å². The van der Waals surface area contributed by atoms with Gasteiger partial charge in [-0.1, -0.05) is 32.0 Å². The largest absolute Gasteiger partial charge is 0.383 e. The lowest BCUT2D eigenvalue weighted by molar-refractivity contribution is 0.420. The van der Waals surface area contributed by atoms with E-state index in [4.69, 9.17) is 11.5 Å². The van der Waals surface area contributed by atoms with Crippen LogP contribution in [0.1, 0.15) is 31.0 Å². The topological polar surface area (TPSA) is 64.9 Å². The van der Waals surface area contributed by atoms with E-state index in [0.29, 0.717) is 5.82 Å². The molecule has 1 aromatic carbocycles. The van der Waals surface area contributed by atoms with E-state index in [0.717, 1.165) is 11.1 Å². The van der Waals surface area contributed by atoms with Gasteiger partial charge in [-0.2, -0.15) is 0 Å². The summed E-state index contributed by atoms with van der Waals surface area (Å²) in [7, 11) is 0. The van der Waals surface area contributed by atoms with E-state index >= 15 is 0 Å². The summed E-state index contributed by atoms with van der Waals surface area (Å²) in [6.45, 7) is 4.02. The van der Waals surface area contributed by atoms with Gasteiger partial charge in [-0.05, 0) is 23.8 Å². The van der Waals surface area contributed by atoms with E-state index in [-0.39, 0.29) is 17.3 Å². The van der Waals surface area contributed by atoms with Crippen LogP contribution in [0.2, 0.25) is 0 Å². The summed E-state index contributed by atoms with van der Waals surface area (Å²) < 4.78 is 13.0. The van der Waals surface area contributed by atoms with Gasteiger partial charge >= 0.3 is 0 Å². The summed E-state index contributed by atoms with van der Waals surface area (Å²) in [4.78, 5) is 4.06. The third kappa shape index (κ3) is 2.58. The minimum absolute atomic E-state index is 0.256. The highest BCUT2D eigenvalue weighted by Gasteiger charge is 2.31. The van der Waals surface area contributed by atoms with Crippen molar-refractivity contribution in [1.29, 1.82) is 0 Å². The summed E-state index contributed by atoms with van der Waals surface area (Å²) >= 11 is 0. The van der Waals surface area contributed by atoms with Crippen LogP contribution in [-0.4, -0.2) is 4.98 Å². The van der Waals surface area contributed by atoms with Gasteiger partial charge in [-0.25, -0.2) is 9.37 Å². The minimum atomic E-state index is -0.370. The Morgan fingerprint density at radius 1 is 1.16 bits per heavy atom. The second-order valence-electron chi connectivity index (χ2n) is 5.18. The molecule has 0 aliphatic heterocycles. The van der Waals surface area contributed by atoms with Crippen molar-refractivity contribution in [3.63, 3.8) is 0 Å². The van der Waals surface area contributed by atoms with Crippen molar-refractivity contribution in [2.24, 2.45) is 5.73 Å². The maximum absolute atomic E-state index is 13.0. The predicted molar refractivity (Wildman–Crippen MR) is 75.0 cm³/mol. The normalized spacial score (nSPS) is 13.3. The van der Waals surface area contributed by atoms with Crippen molar-refractivity contribution in [2.45, 2.75) is 25.3 Å². The van der Waals surface area contributed by atoms with E-state index < -0.39 is 0 Å².